The van der Waals surface area contributed by atoms with Crippen LogP contribution in [0.1, 0.15) is 30.3 Å². The van der Waals surface area contributed by atoms with Crippen LogP contribution in [-0.2, 0) is 6.18 Å². The molecule has 0 bridgehead atoms. The van der Waals surface area contributed by atoms with E-state index in [9.17, 15) is 13.2 Å². The summed E-state index contributed by atoms with van der Waals surface area (Å²) >= 11 is 0. The number of alkyl halides is 3. The van der Waals surface area contributed by atoms with Gasteiger partial charge in [0.25, 0.3) is 5.89 Å². The summed E-state index contributed by atoms with van der Waals surface area (Å²) in [6, 6.07) is 4.48. The van der Waals surface area contributed by atoms with Crippen molar-refractivity contribution in [1.82, 2.24) is 10.1 Å². The van der Waals surface area contributed by atoms with Crippen LogP contribution in [0.4, 0.5) is 13.2 Å². The summed E-state index contributed by atoms with van der Waals surface area (Å²) < 4.78 is 42.9. The van der Waals surface area contributed by atoms with Gasteiger partial charge in [-0.1, -0.05) is 11.2 Å². The van der Waals surface area contributed by atoms with E-state index < -0.39 is 11.7 Å². The quantitative estimate of drug-likeness (QED) is 0.939. The molecule has 1 aliphatic carbocycles. The Morgan fingerprint density at radius 2 is 2.05 bits per heavy atom. The summed E-state index contributed by atoms with van der Waals surface area (Å²) in [6.07, 6.45) is -2.35. The van der Waals surface area contributed by atoms with Crippen molar-refractivity contribution in [2.75, 3.05) is 0 Å². The number of aromatic nitrogens is 2. The Hall–Kier alpha value is -1.89. The molecule has 1 fully saturated rings. The van der Waals surface area contributed by atoms with Crippen LogP contribution in [0.3, 0.4) is 0 Å². The standard InChI is InChI=1S/C13H12F3N3O/c14-13(15,16)9-3-1-2-8(6-9)12-18-11(19-20-12)10(17)7-4-5-7/h1-3,6-7,10H,4-5,17H2. The molecular weight excluding hydrogens is 271 g/mol. The highest BCUT2D eigenvalue weighted by Gasteiger charge is 2.33. The Balaban J connectivity index is 1.89. The summed E-state index contributed by atoms with van der Waals surface area (Å²) in [7, 11) is 0. The van der Waals surface area contributed by atoms with E-state index in [-0.39, 0.29) is 17.5 Å². The van der Waals surface area contributed by atoms with Gasteiger partial charge in [0.05, 0.1) is 11.6 Å². The summed E-state index contributed by atoms with van der Waals surface area (Å²) in [5.74, 6) is 0.754. The molecule has 1 unspecified atom stereocenters. The average molecular weight is 283 g/mol. The van der Waals surface area contributed by atoms with Gasteiger partial charge in [0.1, 0.15) is 0 Å². The molecule has 2 N–H and O–H groups in total. The van der Waals surface area contributed by atoms with Crippen molar-refractivity contribution in [2.45, 2.75) is 25.1 Å². The van der Waals surface area contributed by atoms with Gasteiger partial charge < -0.3 is 10.3 Å². The first-order valence-electron chi connectivity index (χ1n) is 6.22. The van der Waals surface area contributed by atoms with Gasteiger partial charge in [-0.05, 0) is 37.0 Å². The number of halogens is 3. The van der Waals surface area contributed by atoms with Crippen molar-refractivity contribution in [3.05, 3.63) is 35.7 Å². The summed E-state index contributed by atoms with van der Waals surface area (Å²) in [4.78, 5) is 4.09. The molecule has 1 aliphatic rings. The molecule has 0 amide bonds. The second kappa shape index (κ2) is 4.59. The van der Waals surface area contributed by atoms with Crippen molar-refractivity contribution in [2.24, 2.45) is 11.7 Å². The van der Waals surface area contributed by atoms with Gasteiger partial charge in [-0.25, -0.2) is 0 Å². The van der Waals surface area contributed by atoms with Crippen molar-refractivity contribution >= 4 is 0 Å². The molecule has 1 atom stereocenters. The largest absolute Gasteiger partial charge is 0.416 e. The van der Waals surface area contributed by atoms with E-state index in [2.05, 4.69) is 10.1 Å². The van der Waals surface area contributed by atoms with Gasteiger partial charge in [-0.3, -0.25) is 0 Å². The average Bonchev–Trinajstić information content (AvgIpc) is 3.14. The van der Waals surface area contributed by atoms with Gasteiger partial charge >= 0.3 is 6.18 Å². The number of rotatable bonds is 3. The van der Waals surface area contributed by atoms with Gasteiger partial charge in [-0.15, -0.1) is 0 Å². The van der Waals surface area contributed by atoms with E-state index in [4.69, 9.17) is 10.3 Å². The van der Waals surface area contributed by atoms with E-state index in [1.807, 2.05) is 0 Å². The van der Waals surface area contributed by atoms with Gasteiger partial charge in [0.2, 0.25) is 0 Å². The highest BCUT2D eigenvalue weighted by molar-refractivity contribution is 5.54. The van der Waals surface area contributed by atoms with Gasteiger partial charge in [0.15, 0.2) is 5.82 Å². The summed E-state index contributed by atoms with van der Waals surface area (Å²) in [6.45, 7) is 0. The second-order valence-corrected chi connectivity index (χ2v) is 4.90. The number of nitrogens with two attached hydrogens (primary N) is 1. The third kappa shape index (κ3) is 2.53. The van der Waals surface area contributed by atoms with Crippen molar-refractivity contribution < 1.29 is 17.7 Å². The number of hydrogen-bond acceptors (Lipinski definition) is 4. The zero-order valence-electron chi connectivity index (χ0n) is 10.4. The minimum Gasteiger partial charge on any atom is -0.334 e. The zero-order chi connectivity index (χ0) is 14.3. The molecule has 1 heterocycles. The maximum atomic E-state index is 12.6. The Kier molecular flexibility index (Phi) is 3.01. The molecule has 1 saturated carbocycles. The number of nitrogens with zero attached hydrogens (tertiary/aromatic N) is 2. The maximum Gasteiger partial charge on any atom is 0.416 e. The SMILES string of the molecule is NC(c1noc(-c2cccc(C(F)(F)F)c2)n1)C1CC1. The molecule has 2 aromatic rings. The van der Waals surface area contributed by atoms with Crippen LogP contribution in [0.2, 0.25) is 0 Å². The number of hydrogen-bond donors (Lipinski definition) is 1. The van der Waals surface area contributed by atoms with E-state index in [0.717, 1.165) is 25.0 Å². The second-order valence-electron chi connectivity index (χ2n) is 4.90. The minimum absolute atomic E-state index is 0.0576. The Labute approximate surface area is 112 Å². The fraction of sp³-hybridized carbons (Fsp3) is 0.385. The van der Waals surface area contributed by atoms with Gasteiger partial charge in [-0.2, -0.15) is 18.2 Å². The molecule has 4 nitrogen and oxygen atoms in total. The van der Waals surface area contributed by atoms with E-state index in [1.54, 1.807) is 0 Å². The normalized spacial score (nSPS) is 17.2. The Morgan fingerprint density at radius 3 is 2.70 bits per heavy atom. The van der Waals surface area contributed by atoms with E-state index in [1.165, 1.54) is 12.1 Å². The Bertz CT molecular complexity index is 619. The first-order chi connectivity index (χ1) is 9.45. The molecular formula is C13H12F3N3O. The highest BCUT2D eigenvalue weighted by atomic mass is 19.4. The molecule has 3 rings (SSSR count). The molecule has 0 spiro atoms. The molecule has 20 heavy (non-hydrogen) atoms. The highest BCUT2D eigenvalue weighted by Crippen LogP contribution is 2.39. The fourth-order valence-corrected chi connectivity index (χ4v) is 1.98. The monoisotopic (exact) mass is 283 g/mol. The molecule has 0 aliphatic heterocycles. The third-order valence-electron chi connectivity index (χ3n) is 3.31. The van der Waals surface area contributed by atoms with Gasteiger partial charge in [0, 0.05) is 5.56 Å². The van der Waals surface area contributed by atoms with E-state index >= 15 is 0 Å². The van der Waals surface area contributed by atoms with Crippen molar-refractivity contribution in [3.63, 3.8) is 0 Å². The summed E-state index contributed by atoms with van der Waals surface area (Å²) in [5, 5.41) is 3.75. The van der Waals surface area contributed by atoms with Crippen LogP contribution < -0.4 is 5.73 Å². The molecule has 7 heteroatoms. The summed E-state index contributed by atoms with van der Waals surface area (Å²) in [5.41, 5.74) is 5.41. The minimum atomic E-state index is -4.40. The Morgan fingerprint density at radius 1 is 1.30 bits per heavy atom. The van der Waals surface area contributed by atoms with Crippen LogP contribution in [0, 0.1) is 5.92 Å². The van der Waals surface area contributed by atoms with Crippen LogP contribution in [0.5, 0.6) is 0 Å². The van der Waals surface area contributed by atoms with Crippen molar-refractivity contribution in [1.29, 1.82) is 0 Å². The smallest absolute Gasteiger partial charge is 0.334 e. The lowest BCUT2D eigenvalue weighted by Gasteiger charge is -2.06. The van der Waals surface area contributed by atoms with E-state index in [0.29, 0.717) is 11.7 Å². The molecule has 1 aromatic carbocycles. The maximum absolute atomic E-state index is 12.6. The lowest BCUT2D eigenvalue weighted by atomic mass is 10.1. The zero-order valence-corrected chi connectivity index (χ0v) is 10.4. The lowest BCUT2D eigenvalue weighted by Crippen LogP contribution is -2.13. The van der Waals surface area contributed by atoms with Crippen LogP contribution in [-0.4, -0.2) is 10.1 Å². The molecule has 0 radical (unpaired) electrons. The predicted octanol–water partition coefficient (Wildman–Crippen LogP) is 3.17. The topological polar surface area (TPSA) is 64.9 Å². The van der Waals surface area contributed by atoms with Crippen LogP contribution >= 0.6 is 0 Å². The van der Waals surface area contributed by atoms with Crippen LogP contribution in [0.25, 0.3) is 11.5 Å². The predicted molar refractivity (Wildman–Crippen MR) is 64.4 cm³/mol. The molecule has 106 valence electrons. The molecule has 1 aromatic heterocycles. The van der Waals surface area contributed by atoms with Crippen LogP contribution in [0.15, 0.2) is 28.8 Å². The fourth-order valence-electron chi connectivity index (χ4n) is 1.98. The number of benzene rings is 1. The lowest BCUT2D eigenvalue weighted by molar-refractivity contribution is -0.137. The first kappa shape index (κ1) is 13.1. The molecule has 0 saturated heterocycles. The van der Waals surface area contributed by atoms with Crippen molar-refractivity contribution in [3.8, 4) is 11.5 Å². The third-order valence-corrected chi connectivity index (χ3v) is 3.31. The first-order valence-corrected chi connectivity index (χ1v) is 6.22.